The molecule has 0 aliphatic rings. The van der Waals surface area contributed by atoms with Crippen molar-refractivity contribution in [2.24, 2.45) is 0 Å². The van der Waals surface area contributed by atoms with E-state index in [0.717, 1.165) is 30.2 Å². The fraction of sp³-hybridized carbons (Fsp3) is 0.265. The Morgan fingerprint density at radius 2 is 0.949 bits per heavy atom. The highest BCUT2D eigenvalue weighted by Gasteiger charge is 2.18. The summed E-state index contributed by atoms with van der Waals surface area (Å²) in [6, 6.07) is 34.1. The van der Waals surface area contributed by atoms with Crippen LogP contribution < -0.4 is 9.47 Å². The van der Waals surface area contributed by atoms with Crippen molar-refractivity contribution in [1.29, 1.82) is 0 Å². The van der Waals surface area contributed by atoms with Crippen molar-refractivity contribution in [1.82, 2.24) is 9.80 Å². The van der Waals surface area contributed by atoms with Crippen molar-refractivity contribution in [2.75, 3.05) is 54.5 Å². The molecule has 4 aromatic carbocycles. The molecule has 0 aliphatic carbocycles. The molecule has 4 aromatic rings. The van der Waals surface area contributed by atoms with Gasteiger partial charge in [0.15, 0.2) is 5.78 Å². The van der Waals surface area contributed by atoms with Gasteiger partial charge in [-0.05, 0) is 81.3 Å². The maximum absolute atomic E-state index is 13.2. The summed E-state index contributed by atoms with van der Waals surface area (Å²) in [6.07, 6.45) is 0. The van der Waals surface area contributed by atoms with Gasteiger partial charge in [0.1, 0.15) is 24.7 Å². The lowest BCUT2D eigenvalue weighted by Crippen LogP contribution is -2.19. The van der Waals surface area contributed by atoms with Crippen LogP contribution in [-0.2, 0) is 0 Å². The average Bonchev–Trinajstić information content (AvgIpc) is 2.95. The Kier molecular flexibility index (Phi) is 9.90. The molecule has 0 spiro atoms. The molecular weight excluding hydrogens is 484 g/mol. The van der Waals surface area contributed by atoms with Crippen LogP contribution in [0.15, 0.2) is 103 Å². The number of ether oxygens (including phenoxy) is 2. The largest absolute Gasteiger partial charge is 0.492 e. The van der Waals surface area contributed by atoms with Crippen molar-refractivity contribution in [3.05, 3.63) is 131 Å². The van der Waals surface area contributed by atoms with Gasteiger partial charge in [0, 0.05) is 30.1 Å². The van der Waals surface area contributed by atoms with Gasteiger partial charge in [0.2, 0.25) is 0 Å². The number of carbonyl (C=O) groups is 1. The molecule has 0 bridgehead atoms. The third-order valence-corrected chi connectivity index (χ3v) is 6.58. The second-order valence-corrected chi connectivity index (χ2v) is 10.2. The van der Waals surface area contributed by atoms with E-state index >= 15 is 0 Å². The number of hydrogen-bond acceptors (Lipinski definition) is 5. The molecule has 202 valence electrons. The standard InChI is InChI=1S/C34H38N2O3/c1-35(2)22-24-38-31-18-14-28(15-19-31)33(26-8-6-5-7-9-26)27-10-12-29(13-11-27)34(37)30-16-20-32(21-17-30)39-25-23-36(3)4/h5-21,33H,22-25H2,1-4H3. The first-order valence-electron chi connectivity index (χ1n) is 13.4. The van der Waals surface area contributed by atoms with Crippen molar-refractivity contribution >= 4 is 5.78 Å². The highest BCUT2D eigenvalue weighted by Crippen LogP contribution is 2.33. The Morgan fingerprint density at radius 3 is 1.41 bits per heavy atom. The van der Waals surface area contributed by atoms with E-state index in [1.165, 1.54) is 11.1 Å². The van der Waals surface area contributed by atoms with Crippen LogP contribution in [0.3, 0.4) is 0 Å². The third-order valence-electron chi connectivity index (χ3n) is 6.58. The number of benzene rings is 4. The van der Waals surface area contributed by atoms with E-state index < -0.39 is 0 Å². The van der Waals surface area contributed by atoms with Gasteiger partial charge in [-0.2, -0.15) is 0 Å². The van der Waals surface area contributed by atoms with Crippen LogP contribution in [0.4, 0.5) is 0 Å². The Bertz CT molecular complexity index is 1300. The summed E-state index contributed by atoms with van der Waals surface area (Å²) in [4.78, 5) is 17.4. The van der Waals surface area contributed by atoms with Crippen LogP contribution in [0.2, 0.25) is 0 Å². The first-order valence-corrected chi connectivity index (χ1v) is 13.4. The van der Waals surface area contributed by atoms with Gasteiger partial charge >= 0.3 is 0 Å². The third kappa shape index (κ3) is 8.03. The molecule has 5 heteroatoms. The molecule has 0 saturated heterocycles. The van der Waals surface area contributed by atoms with E-state index in [0.29, 0.717) is 24.3 Å². The second kappa shape index (κ2) is 13.7. The van der Waals surface area contributed by atoms with Gasteiger partial charge in [0.05, 0.1) is 0 Å². The normalized spacial score (nSPS) is 11.9. The number of nitrogens with zero attached hydrogens (tertiary/aromatic N) is 2. The summed E-state index contributed by atoms with van der Waals surface area (Å²) >= 11 is 0. The molecule has 1 atom stereocenters. The van der Waals surface area contributed by atoms with Gasteiger partial charge in [0.25, 0.3) is 0 Å². The topological polar surface area (TPSA) is 42.0 Å². The smallest absolute Gasteiger partial charge is 0.193 e. The maximum atomic E-state index is 13.2. The lowest BCUT2D eigenvalue weighted by atomic mass is 9.84. The Balaban J connectivity index is 1.50. The minimum atomic E-state index is -0.00289. The second-order valence-electron chi connectivity index (χ2n) is 10.2. The van der Waals surface area contributed by atoms with Crippen molar-refractivity contribution in [3.8, 4) is 11.5 Å². The molecule has 39 heavy (non-hydrogen) atoms. The van der Waals surface area contributed by atoms with Gasteiger partial charge in [-0.3, -0.25) is 4.79 Å². The predicted molar refractivity (Wildman–Crippen MR) is 158 cm³/mol. The molecule has 0 N–H and O–H groups in total. The van der Waals surface area contributed by atoms with Gasteiger partial charge < -0.3 is 19.3 Å². The minimum Gasteiger partial charge on any atom is -0.492 e. The molecule has 0 aromatic heterocycles. The number of carbonyl (C=O) groups excluding carboxylic acids is 1. The zero-order valence-corrected chi connectivity index (χ0v) is 23.3. The molecule has 4 rings (SSSR count). The van der Waals surface area contributed by atoms with E-state index in [1.54, 1.807) is 0 Å². The zero-order chi connectivity index (χ0) is 27.6. The molecule has 0 saturated carbocycles. The van der Waals surface area contributed by atoms with E-state index in [-0.39, 0.29) is 11.7 Å². The Morgan fingerprint density at radius 1 is 0.564 bits per heavy atom. The lowest BCUT2D eigenvalue weighted by molar-refractivity contribution is 0.103. The number of hydrogen-bond donors (Lipinski definition) is 0. The summed E-state index contributed by atoms with van der Waals surface area (Å²) in [5, 5.41) is 0. The lowest BCUT2D eigenvalue weighted by Gasteiger charge is -2.20. The van der Waals surface area contributed by atoms with Crippen LogP contribution in [0.1, 0.15) is 38.5 Å². The monoisotopic (exact) mass is 522 g/mol. The predicted octanol–water partition coefficient (Wildman–Crippen LogP) is 5.98. The highest BCUT2D eigenvalue weighted by molar-refractivity contribution is 6.09. The van der Waals surface area contributed by atoms with Crippen LogP contribution in [0.5, 0.6) is 11.5 Å². The molecule has 0 amide bonds. The fourth-order valence-corrected chi connectivity index (χ4v) is 4.37. The quantitative estimate of drug-likeness (QED) is 0.160. The molecule has 0 aliphatic heterocycles. The van der Waals surface area contributed by atoms with Crippen LogP contribution in [0, 0.1) is 0 Å². The Hall–Kier alpha value is -3.93. The van der Waals surface area contributed by atoms with E-state index in [2.05, 4.69) is 58.3 Å². The number of ketones is 1. The van der Waals surface area contributed by atoms with Gasteiger partial charge in [-0.25, -0.2) is 0 Å². The first kappa shape index (κ1) is 28.1. The van der Waals surface area contributed by atoms with E-state index in [4.69, 9.17) is 9.47 Å². The minimum absolute atomic E-state index is 0.00289. The highest BCUT2D eigenvalue weighted by atomic mass is 16.5. The molecular formula is C34H38N2O3. The average molecular weight is 523 g/mol. The SMILES string of the molecule is CN(C)CCOc1ccc(C(=O)c2ccc(C(c3ccccc3)c3ccc(OCCN(C)C)cc3)cc2)cc1. The molecule has 0 heterocycles. The van der Waals surface area contributed by atoms with Crippen LogP contribution in [-0.4, -0.2) is 70.1 Å². The number of likely N-dealkylation sites (N-methyl/N-ethyl adjacent to an activating group) is 2. The van der Waals surface area contributed by atoms with Gasteiger partial charge in [-0.1, -0.05) is 66.7 Å². The summed E-state index contributed by atoms with van der Waals surface area (Å²) in [7, 11) is 8.10. The van der Waals surface area contributed by atoms with Gasteiger partial charge in [-0.15, -0.1) is 0 Å². The zero-order valence-electron chi connectivity index (χ0n) is 23.3. The molecule has 0 radical (unpaired) electrons. The number of rotatable bonds is 13. The molecule has 1 unspecified atom stereocenters. The first-order chi connectivity index (χ1) is 18.9. The summed E-state index contributed by atoms with van der Waals surface area (Å²) < 4.78 is 11.7. The van der Waals surface area contributed by atoms with E-state index in [1.807, 2.05) is 82.8 Å². The van der Waals surface area contributed by atoms with E-state index in [9.17, 15) is 4.79 Å². The summed E-state index contributed by atoms with van der Waals surface area (Å²) in [5.41, 5.74) is 4.81. The van der Waals surface area contributed by atoms with Crippen molar-refractivity contribution in [2.45, 2.75) is 5.92 Å². The molecule has 0 fully saturated rings. The maximum Gasteiger partial charge on any atom is 0.193 e. The fourth-order valence-electron chi connectivity index (χ4n) is 4.37. The summed E-state index contributed by atoms with van der Waals surface area (Å²) in [5.74, 6) is 1.67. The summed E-state index contributed by atoms with van der Waals surface area (Å²) in [6.45, 7) is 2.96. The van der Waals surface area contributed by atoms with Crippen LogP contribution >= 0.6 is 0 Å². The molecule has 5 nitrogen and oxygen atoms in total. The van der Waals surface area contributed by atoms with Crippen LogP contribution in [0.25, 0.3) is 0 Å². The Labute approximate surface area is 232 Å². The van der Waals surface area contributed by atoms with Crippen molar-refractivity contribution < 1.29 is 14.3 Å². The van der Waals surface area contributed by atoms with Crippen molar-refractivity contribution in [3.63, 3.8) is 0 Å².